The first kappa shape index (κ1) is 27.7. The van der Waals surface area contributed by atoms with Crippen LogP contribution in [0.5, 0.6) is 5.75 Å². The summed E-state index contributed by atoms with van der Waals surface area (Å²) in [6.45, 7) is 1.71. The highest BCUT2D eigenvalue weighted by atomic mass is 35.5. The summed E-state index contributed by atoms with van der Waals surface area (Å²) in [7, 11) is 2.13. The number of phenols is 1. The van der Waals surface area contributed by atoms with Gasteiger partial charge < -0.3 is 20.6 Å². The molecule has 1 saturated heterocycles. The number of benzene rings is 2. The third-order valence-electron chi connectivity index (χ3n) is 7.85. The van der Waals surface area contributed by atoms with Crippen molar-refractivity contribution in [2.45, 2.75) is 69.9 Å². The van der Waals surface area contributed by atoms with Crippen LogP contribution in [0, 0.1) is 5.92 Å². The van der Waals surface area contributed by atoms with E-state index in [1.807, 2.05) is 0 Å². The molecule has 3 N–H and O–H groups in total. The molecule has 1 aliphatic carbocycles. The van der Waals surface area contributed by atoms with Crippen molar-refractivity contribution in [2.24, 2.45) is 5.92 Å². The molecule has 2 aromatic carbocycles. The molecule has 2 amide bonds. The van der Waals surface area contributed by atoms with Gasteiger partial charge in [-0.1, -0.05) is 61.4 Å². The first-order valence-electron chi connectivity index (χ1n) is 13.4. The molecule has 0 bridgehead atoms. The first-order valence-corrected chi connectivity index (χ1v) is 14.1. The fourth-order valence-electron chi connectivity index (χ4n) is 5.63. The zero-order valence-electron chi connectivity index (χ0n) is 21.4. The van der Waals surface area contributed by atoms with E-state index in [0.29, 0.717) is 51.7 Å². The summed E-state index contributed by atoms with van der Waals surface area (Å²) in [6, 6.07) is 9.63. The van der Waals surface area contributed by atoms with E-state index in [-0.39, 0.29) is 17.6 Å². The lowest BCUT2D eigenvalue weighted by Gasteiger charge is -2.27. The molecule has 0 radical (unpaired) electrons. The molecule has 8 heteroatoms. The van der Waals surface area contributed by atoms with Crippen LogP contribution in [0.25, 0.3) is 11.1 Å². The van der Waals surface area contributed by atoms with Crippen LogP contribution in [-0.4, -0.2) is 54.0 Å². The zero-order chi connectivity index (χ0) is 26.4. The number of nitrogens with zero attached hydrogens (tertiary/aromatic N) is 1. The van der Waals surface area contributed by atoms with Crippen molar-refractivity contribution in [1.29, 1.82) is 0 Å². The van der Waals surface area contributed by atoms with Crippen LogP contribution in [0.15, 0.2) is 36.4 Å². The van der Waals surface area contributed by atoms with Gasteiger partial charge in [-0.3, -0.25) is 9.59 Å². The van der Waals surface area contributed by atoms with Crippen LogP contribution in [-0.2, 0) is 4.79 Å². The number of amides is 2. The van der Waals surface area contributed by atoms with Gasteiger partial charge >= 0.3 is 0 Å². The van der Waals surface area contributed by atoms with Crippen molar-refractivity contribution in [3.63, 3.8) is 0 Å². The Hall–Kier alpha value is -2.28. The summed E-state index contributed by atoms with van der Waals surface area (Å²) >= 11 is 12.2. The van der Waals surface area contributed by atoms with Crippen molar-refractivity contribution >= 4 is 35.0 Å². The van der Waals surface area contributed by atoms with Crippen LogP contribution in [0.2, 0.25) is 10.0 Å². The summed E-state index contributed by atoms with van der Waals surface area (Å²) in [4.78, 5) is 28.9. The normalized spacial score (nSPS) is 19.5. The number of rotatable bonds is 9. The smallest absolute Gasteiger partial charge is 0.251 e. The van der Waals surface area contributed by atoms with Crippen LogP contribution < -0.4 is 10.6 Å². The summed E-state index contributed by atoms with van der Waals surface area (Å²) < 4.78 is 0. The number of nitrogens with one attached hydrogen (secondary N) is 2. The fourth-order valence-corrected chi connectivity index (χ4v) is 5.93. The molecule has 1 saturated carbocycles. The molecule has 2 aliphatic rings. The van der Waals surface area contributed by atoms with Gasteiger partial charge in [0.1, 0.15) is 11.8 Å². The second-order valence-electron chi connectivity index (χ2n) is 10.5. The van der Waals surface area contributed by atoms with E-state index in [1.165, 1.54) is 31.7 Å². The van der Waals surface area contributed by atoms with Gasteiger partial charge in [-0.2, -0.15) is 0 Å². The molecule has 0 aromatic heterocycles. The van der Waals surface area contributed by atoms with Gasteiger partial charge in [0.2, 0.25) is 5.91 Å². The Kier molecular flexibility index (Phi) is 9.74. The van der Waals surface area contributed by atoms with Crippen molar-refractivity contribution in [3.05, 3.63) is 52.0 Å². The molecule has 200 valence electrons. The third kappa shape index (κ3) is 7.40. The number of hydrogen-bond donors (Lipinski definition) is 3. The average molecular weight is 547 g/mol. The topological polar surface area (TPSA) is 81.7 Å². The highest BCUT2D eigenvalue weighted by Gasteiger charge is 2.27. The van der Waals surface area contributed by atoms with Gasteiger partial charge in [-0.25, -0.2) is 0 Å². The number of phenolic OH excluding ortho intramolecular Hbond substituents is 1. The van der Waals surface area contributed by atoms with E-state index in [9.17, 15) is 14.7 Å². The lowest BCUT2D eigenvalue weighted by Crippen LogP contribution is -2.48. The predicted molar refractivity (Wildman–Crippen MR) is 149 cm³/mol. The number of carbonyl (C=O) groups is 2. The van der Waals surface area contributed by atoms with Gasteiger partial charge in [-0.05, 0) is 81.1 Å². The number of halogens is 2. The molecule has 2 atom stereocenters. The predicted octanol–water partition coefficient (Wildman–Crippen LogP) is 6.04. The molecule has 2 fully saturated rings. The minimum Gasteiger partial charge on any atom is -0.507 e. The Morgan fingerprint density at radius 2 is 1.81 bits per heavy atom. The number of aromatic hydroxyl groups is 1. The molecule has 1 heterocycles. The number of hydrogen-bond acceptors (Lipinski definition) is 4. The second kappa shape index (κ2) is 13.0. The maximum atomic E-state index is 13.3. The lowest BCUT2D eigenvalue weighted by atomic mass is 9.84. The van der Waals surface area contributed by atoms with E-state index in [4.69, 9.17) is 23.2 Å². The maximum Gasteiger partial charge on any atom is 0.251 e. The van der Waals surface area contributed by atoms with Crippen molar-refractivity contribution in [1.82, 2.24) is 15.5 Å². The zero-order valence-corrected chi connectivity index (χ0v) is 23.0. The van der Waals surface area contributed by atoms with Crippen LogP contribution in [0.1, 0.15) is 68.1 Å². The summed E-state index contributed by atoms with van der Waals surface area (Å²) in [5, 5.41) is 17.3. The minimum atomic E-state index is -0.598. The van der Waals surface area contributed by atoms with Gasteiger partial charge in [0.05, 0.1) is 10.0 Å². The van der Waals surface area contributed by atoms with Crippen LogP contribution >= 0.6 is 23.2 Å². The molecular formula is C29H37Cl2N3O3. The molecule has 6 nitrogen and oxygen atoms in total. The fraction of sp³-hybridized carbons (Fsp3) is 0.517. The summed E-state index contributed by atoms with van der Waals surface area (Å²) in [6.07, 6.45) is 9.68. The van der Waals surface area contributed by atoms with Gasteiger partial charge in [0, 0.05) is 23.7 Å². The van der Waals surface area contributed by atoms with Gasteiger partial charge in [-0.15, -0.1) is 0 Å². The third-order valence-corrected chi connectivity index (χ3v) is 8.59. The maximum absolute atomic E-state index is 13.3. The standard InChI is InChI=1S/C29H37Cl2N3O3/c1-34-15-5-8-22(34)13-14-32-29(37)26(16-19-6-3-2-4-7-19)33-28(36)21-10-12-27(35)23(17-21)20-9-11-24(30)25(31)18-20/h9-12,17-19,22,26,35H,2-8,13-16H2,1H3,(H,32,37)(H,33,36)/t22?,26-/m0/s1. The number of carbonyl (C=O) groups excluding carboxylic acids is 2. The molecule has 0 spiro atoms. The van der Waals surface area contributed by atoms with E-state index < -0.39 is 6.04 Å². The lowest BCUT2D eigenvalue weighted by molar-refractivity contribution is -0.123. The van der Waals surface area contributed by atoms with E-state index in [1.54, 1.807) is 30.3 Å². The molecular weight excluding hydrogens is 509 g/mol. The van der Waals surface area contributed by atoms with Crippen molar-refractivity contribution < 1.29 is 14.7 Å². The molecule has 1 unspecified atom stereocenters. The second-order valence-corrected chi connectivity index (χ2v) is 11.3. The van der Waals surface area contributed by atoms with Crippen molar-refractivity contribution in [3.8, 4) is 16.9 Å². The van der Waals surface area contributed by atoms with Crippen molar-refractivity contribution in [2.75, 3.05) is 20.1 Å². The average Bonchev–Trinajstić information content (AvgIpc) is 3.30. The quantitative estimate of drug-likeness (QED) is 0.359. The molecule has 2 aromatic rings. The van der Waals surface area contributed by atoms with Gasteiger partial charge in [0.15, 0.2) is 0 Å². The minimum absolute atomic E-state index is 0.0309. The van der Waals surface area contributed by atoms with E-state index in [2.05, 4.69) is 22.6 Å². The van der Waals surface area contributed by atoms with Gasteiger partial charge in [0.25, 0.3) is 5.91 Å². The SMILES string of the molecule is CN1CCCC1CCNC(=O)[C@H](CC1CCCCC1)NC(=O)c1ccc(O)c(-c2ccc(Cl)c(Cl)c2)c1. The van der Waals surface area contributed by atoms with Crippen LogP contribution in [0.3, 0.4) is 0 Å². The Morgan fingerprint density at radius 1 is 1.03 bits per heavy atom. The molecule has 1 aliphatic heterocycles. The largest absolute Gasteiger partial charge is 0.507 e. The Balaban J connectivity index is 1.46. The van der Waals surface area contributed by atoms with E-state index >= 15 is 0 Å². The highest BCUT2D eigenvalue weighted by Crippen LogP contribution is 2.34. The summed E-state index contributed by atoms with van der Waals surface area (Å²) in [5.41, 5.74) is 1.49. The molecule has 4 rings (SSSR count). The molecule has 37 heavy (non-hydrogen) atoms. The van der Waals surface area contributed by atoms with E-state index in [0.717, 1.165) is 32.2 Å². The number of likely N-dealkylation sites (tertiary alicyclic amines) is 1. The summed E-state index contributed by atoms with van der Waals surface area (Å²) in [5.74, 6) is -0.00322. The monoisotopic (exact) mass is 545 g/mol. The Labute approximate surface area is 229 Å². The Morgan fingerprint density at radius 3 is 2.51 bits per heavy atom. The van der Waals surface area contributed by atoms with Crippen LogP contribution in [0.4, 0.5) is 0 Å². The first-order chi connectivity index (χ1) is 17.8. The highest BCUT2D eigenvalue weighted by molar-refractivity contribution is 6.42. The Bertz CT molecular complexity index is 1100.